The summed E-state index contributed by atoms with van der Waals surface area (Å²) in [5, 5.41) is 13.4. The number of carbonyl (C=O) groups is 1. The highest BCUT2D eigenvalue weighted by Crippen LogP contribution is 2.28. The van der Waals surface area contributed by atoms with Gasteiger partial charge < -0.3 is 15.0 Å². The molecule has 1 amide bonds. The molecule has 0 aliphatic carbocycles. The number of carbonyl (C=O) groups excluding carboxylic acids is 1. The third-order valence-electron chi connectivity index (χ3n) is 5.29. The number of nitrogens with zero attached hydrogens (tertiary/aromatic N) is 1. The number of benzene rings is 3. The van der Waals surface area contributed by atoms with Crippen molar-refractivity contribution in [1.29, 1.82) is 5.26 Å². The van der Waals surface area contributed by atoms with Gasteiger partial charge in [0.1, 0.15) is 29.8 Å². The monoisotopic (exact) mass is 517 g/mol. The Hall–Kier alpha value is -3.89. The minimum absolute atomic E-state index is 0.0193. The summed E-state index contributed by atoms with van der Waals surface area (Å²) in [5.74, 6) is -0.116. The van der Waals surface area contributed by atoms with Crippen molar-refractivity contribution < 1.29 is 13.9 Å². The first-order valence-electron chi connectivity index (χ1n) is 10.7. The fourth-order valence-electron chi connectivity index (χ4n) is 3.53. The molecule has 0 radical (unpaired) electrons. The van der Waals surface area contributed by atoms with Crippen molar-refractivity contribution in [3.05, 3.63) is 105 Å². The van der Waals surface area contributed by atoms with Gasteiger partial charge >= 0.3 is 0 Å². The molecule has 0 saturated heterocycles. The Morgan fingerprint density at radius 1 is 1.15 bits per heavy atom. The average Bonchev–Trinajstić information content (AvgIpc) is 3.26. The van der Waals surface area contributed by atoms with Gasteiger partial charge in [-0.1, -0.05) is 36.4 Å². The molecule has 7 heteroatoms. The second kappa shape index (κ2) is 10.8. The van der Waals surface area contributed by atoms with Crippen molar-refractivity contribution in [2.45, 2.75) is 13.0 Å². The lowest BCUT2D eigenvalue weighted by atomic mass is 10.1. The summed E-state index contributed by atoms with van der Waals surface area (Å²) in [4.78, 5) is 15.8. The second-order valence-electron chi connectivity index (χ2n) is 7.64. The van der Waals surface area contributed by atoms with E-state index in [0.29, 0.717) is 28.8 Å². The summed E-state index contributed by atoms with van der Waals surface area (Å²) in [5.41, 5.74) is 3.71. The predicted octanol–water partition coefficient (Wildman–Crippen LogP) is 5.91. The van der Waals surface area contributed by atoms with Crippen molar-refractivity contribution in [2.24, 2.45) is 0 Å². The van der Waals surface area contributed by atoms with E-state index in [2.05, 4.69) is 26.2 Å². The Bertz CT molecular complexity index is 1390. The molecule has 4 rings (SSSR count). The number of rotatable bonds is 8. The first kappa shape index (κ1) is 23.3. The first-order valence-corrected chi connectivity index (χ1v) is 11.4. The lowest BCUT2D eigenvalue weighted by molar-refractivity contribution is -0.117. The minimum atomic E-state index is -0.421. The molecule has 0 fully saturated rings. The first-order chi connectivity index (χ1) is 16.5. The van der Waals surface area contributed by atoms with Gasteiger partial charge in [0.15, 0.2) is 0 Å². The third-order valence-corrected chi connectivity index (χ3v) is 5.91. The molecule has 0 atom stereocenters. The van der Waals surface area contributed by atoms with Crippen LogP contribution >= 0.6 is 15.9 Å². The molecule has 4 aromatic rings. The number of para-hydroxylation sites is 1. The number of H-pyrrole nitrogens is 1. The molecule has 0 spiro atoms. The van der Waals surface area contributed by atoms with Crippen LogP contribution in [0.3, 0.4) is 0 Å². The largest absolute Gasteiger partial charge is 0.488 e. The quantitative estimate of drug-likeness (QED) is 0.225. The highest BCUT2D eigenvalue weighted by molar-refractivity contribution is 9.10. The predicted molar refractivity (Wildman–Crippen MR) is 133 cm³/mol. The van der Waals surface area contributed by atoms with Crippen LogP contribution in [0.25, 0.3) is 17.0 Å². The smallest absolute Gasteiger partial charge is 0.261 e. The Morgan fingerprint density at radius 3 is 2.71 bits per heavy atom. The number of hydrogen-bond acceptors (Lipinski definition) is 3. The maximum Gasteiger partial charge on any atom is 0.261 e. The molecule has 2 N–H and O–H groups in total. The van der Waals surface area contributed by atoms with E-state index >= 15 is 0 Å². The number of aromatic nitrogens is 1. The maximum atomic E-state index is 13.0. The van der Waals surface area contributed by atoms with Gasteiger partial charge in [0, 0.05) is 23.6 Å². The molecule has 3 aromatic carbocycles. The number of nitriles is 1. The second-order valence-corrected chi connectivity index (χ2v) is 8.49. The van der Waals surface area contributed by atoms with Crippen molar-refractivity contribution >= 4 is 38.8 Å². The molecular weight excluding hydrogens is 497 g/mol. The van der Waals surface area contributed by atoms with Gasteiger partial charge in [-0.3, -0.25) is 4.79 Å². The van der Waals surface area contributed by atoms with Crippen LogP contribution in [0.1, 0.15) is 16.7 Å². The fourth-order valence-corrected chi connectivity index (χ4v) is 4.04. The van der Waals surface area contributed by atoms with E-state index in [4.69, 9.17) is 4.74 Å². The van der Waals surface area contributed by atoms with E-state index in [0.717, 1.165) is 22.0 Å². The number of hydrogen-bond donors (Lipinski definition) is 2. The molecule has 0 aliphatic rings. The minimum Gasteiger partial charge on any atom is -0.488 e. The Labute approximate surface area is 205 Å². The van der Waals surface area contributed by atoms with Crippen LogP contribution in [0.5, 0.6) is 5.75 Å². The van der Waals surface area contributed by atoms with E-state index in [1.807, 2.05) is 36.5 Å². The molecule has 1 aromatic heterocycles. The SMILES string of the molecule is N#C/C(=C/c1ccc(OCc2ccc(F)cc2)c(Br)c1)C(=O)NCCc1c[nH]c2ccccc12. The lowest BCUT2D eigenvalue weighted by Crippen LogP contribution is -2.26. The third kappa shape index (κ3) is 5.72. The summed E-state index contributed by atoms with van der Waals surface area (Å²) in [6, 6.07) is 21.4. The van der Waals surface area contributed by atoms with Gasteiger partial charge in [-0.05, 0) is 75.4 Å². The Balaban J connectivity index is 1.36. The van der Waals surface area contributed by atoms with Gasteiger partial charge in [0.05, 0.1) is 4.47 Å². The maximum absolute atomic E-state index is 13.0. The van der Waals surface area contributed by atoms with Gasteiger partial charge in [-0.25, -0.2) is 4.39 Å². The van der Waals surface area contributed by atoms with Crippen molar-refractivity contribution in [1.82, 2.24) is 10.3 Å². The Morgan fingerprint density at radius 2 is 1.94 bits per heavy atom. The molecule has 1 heterocycles. The van der Waals surface area contributed by atoms with Crippen LogP contribution in [0.4, 0.5) is 4.39 Å². The number of fused-ring (bicyclic) bond motifs is 1. The highest BCUT2D eigenvalue weighted by Gasteiger charge is 2.11. The van der Waals surface area contributed by atoms with Crippen LogP contribution in [0.15, 0.2) is 83.0 Å². The van der Waals surface area contributed by atoms with Crippen molar-refractivity contribution in [2.75, 3.05) is 6.54 Å². The van der Waals surface area contributed by atoms with Crippen LogP contribution in [-0.4, -0.2) is 17.4 Å². The van der Waals surface area contributed by atoms with Gasteiger partial charge in [-0.15, -0.1) is 0 Å². The van der Waals surface area contributed by atoms with Crippen LogP contribution in [0, 0.1) is 17.1 Å². The van der Waals surface area contributed by atoms with Crippen LogP contribution in [-0.2, 0) is 17.8 Å². The van der Waals surface area contributed by atoms with Crippen LogP contribution < -0.4 is 10.1 Å². The molecular formula is C27H21BrFN3O2. The zero-order valence-electron chi connectivity index (χ0n) is 18.1. The zero-order valence-corrected chi connectivity index (χ0v) is 19.7. The van der Waals surface area contributed by atoms with Gasteiger partial charge in [0.2, 0.25) is 0 Å². The summed E-state index contributed by atoms with van der Waals surface area (Å²) in [6.07, 6.45) is 4.13. The molecule has 34 heavy (non-hydrogen) atoms. The van der Waals surface area contributed by atoms with E-state index in [-0.39, 0.29) is 18.0 Å². The molecule has 0 unspecified atom stereocenters. The van der Waals surface area contributed by atoms with E-state index < -0.39 is 5.91 Å². The molecule has 0 aliphatic heterocycles. The normalized spacial score (nSPS) is 11.3. The molecule has 170 valence electrons. The summed E-state index contributed by atoms with van der Waals surface area (Å²) >= 11 is 3.46. The summed E-state index contributed by atoms with van der Waals surface area (Å²) in [7, 11) is 0. The van der Waals surface area contributed by atoms with Crippen LogP contribution in [0.2, 0.25) is 0 Å². The number of halogens is 2. The topological polar surface area (TPSA) is 77.9 Å². The van der Waals surface area contributed by atoms with Crippen molar-refractivity contribution in [3.8, 4) is 11.8 Å². The van der Waals surface area contributed by atoms with E-state index in [9.17, 15) is 14.4 Å². The number of nitrogens with one attached hydrogen (secondary N) is 2. The fraction of sp³-hybridized carbons (Fsp3) is 0.111. The van der Waals surface area contributed by atoms with Crippen molar-refractivity contribution in [3.63, 3.8) is 0 Å². The lowest BCUT2D eigenvalue weighted by Gasteiger charge is -2.09. The van der Waals surface area contributed by atoms with E-state index in [1.165, 1.54) is 18.2 Å². The standard InChI is InChI=1S/C27H21BrFN3O2/c28-24-14-19(7-10-26(24)34-17-18-5-8-22(29)9-6-18)13-21(15-30)27(33)31-12-11-20-16-32-25-4-2-1-3-23(20)25/h1-10,13-14,16,32H,11-12,17H2,(H,31,33)/b21-13-. The zero-order chi connectivity index (χ0) is 23.9. The number of ether oxygens (including phenoxy) is 1. The van der Waals surface area contributed by atoms with E-state index in [1.54, 1.807) is 30.3 Å². The number of aromatic amines is 1. The summed E-state index contributed by atoms with van der Waals surface area (Å²) in [6.45, 7) is 0.704. The summed E-state index contributed by atoms with van der Waals surface area (Å²) < 4.78 is 19.5. The highest BCUT2D eigenvalue weighted by atomic mass is 79.9. The average molecular weight is 518 g/mol. The van der Waals surface area contributed by atoms with Gasteiger partial charge in [0.25, 0.3) is 5.91 Å². The molecule has 0 bridgehead atoms. The Kier molecular flexibility index (Phi) is 7.41. The number of amides is 1. The molecule has 5 nitrogen and oxygen atoms in total. The van der Waals surface area contributed by atoms with Gasteiger partial charge in [-0.2, -0.15) is 5.26 Å². The molecule has 0 saturated carbocycles.